The molecule has 23 heavy (non-hydrogen) atoms. The fourth-order valence-electron chi connectivity index (χ4n) is 3.94. The largest absolute Gasteiger partial charge is 0.444 e. The van der Waals surface area contributed by atoms with Crippen LogP contribution in [0.4, 0.5) is 4.79 Å². The Hall–Kier alpha value is -1.36. The van der Waals surface area contributed by atoms with Gasteiger partial charge in [0.2, 0.25) is 0 Å². The standard InChI is InChI=1S/C18H29NO4/c1-7-12-13(8-2)18(22-6,15(12)20)14-10-9-11-19(14)16(21)23-17(3,4)5/h14H,7-11H2,1-6H3. The molecule has 1 saturated heterocycles. The maximum absolute atomic E-state index is 12.8. The van der Waals surface area contributed by atoms with Crippen molar-refractivity contribution in [1.82, 2.24) is 4.90 Å². The van der Waals surface area contributed by atoms with Crippen LogP contribution in [0, 0.1) is 0 Å². The highest BCUT2D eigenvalue weighted by Gasteiger charge is 2.60. The topological polar surface area (TPSA) is 55.8 Å². The summed E-state index contributed by atoms with van der Waals surface area (Å²) >= 11 is 0. The molecule has 0 aromatic rings. The monoisotopic (exact) mass is 323 g/mol. The molecule has 2 unspecified atom stereocenters. The fraction of sp³-hybridized carbons (Fsp3) is 0.778. The Balaban J connectivity index is 2.33. The first-order chi connectivity index (χ1) is 10.7. The molecule has 2 rings (SSSR count). The molecule has 5 heteroatoms. The molecule has 1 aliphatic carbocycles. The van der Waals surface area contributed by atoms with Crippen LogP contribution in [0.25, 0.3) is 0 Å². The van der Waals surface area contributed by atoms with Crippen LogP contribution < -0.4 is 0 Å². The number of hydrogen-bond donors (Lipinski definition) is 0. The number of rotatable bonds is 4. The number of nitrogens with zero attached hydrogens (tertiary/aromatic N) is 1. The predicted molar refractivity (Wildman–Crippen MR) is 88.3 cm³/mol. The van der Waals surface area contributed by atoms with Gasteiger partial charge in [-0.15, -0.1) is 0 Å². The molecule has 2 atom stereocenters. The Morgan fingerprint density at radius 3 is 2.43 bits per heavy atom. The molecule has 1 aliphatic heterocycles. The molecule has 1 amide bonds. The van der Waals surface area contributed by atoms with Crippen LogP contribution in [0.5, 0.6) is 0 Å². The third kappa shape index (κ3) is 2.80. The first kappa shape index (κ1) is 18.0. The van der Waals surface area contributed by atoms with E-state index in [1.54, 1.807) is 12.0 Å². The van der Waals surface area contributed by atoms with Crippen LogP contribution in [0.15, 0.2) is 11.1 Å². The Morgan fingerprint density at radius 2 is 1.96 bits per heavy atom. The van der Waals surface area contributed by atoms with Crippen LogP contribution in [-0.4, -0.2) is 47.7 Å². The summed E-state index contributed by atoms with van der Waals surface area (Å²) in [6.45, 7) is 10.2. The molecule has 2 aliphatic rings. The predicted octanol–water partition coefficient (Wildman–Crippen LogP) is 3.47. The zero-order valence-corrected chi connectivity index (χ0v) is 15.2. The first-order valence-electron chi connectivity index (χ1n) is 8.55. The van der Waals surface area contributed by atoms with E-state index in [-0.39, 0.29) is 17.9 Å². The van der Waals surface area contributed by atoms with Gasteiger partial charge in [0.05, 0.1) is 6.04 Å². The van der Waals surface area contributed by atoms with Gasteiger partial charge in [-0.2, -0.15) is 0 Å². The van der Waals surface area contributed by atoms with Gasteiger partial charge in [-0.1, -0.05) is 13.8 Å². The number of carbonyl (C=O) groups is 2. The number of carbonyl (C=O) groups excluding carboxylic acids is 2. The van der Waals surface area contributed by atoms with Crippen molar-refractivity contribution in [2.45, 2.75) is 77.5 Å². The lowest BCUT2D eigenvalue weighted by atomic mass is 9.65. The normalized spacial score (nSPS) is 28.2. The Kier molecular flexibility index (Phi) is 4.90. The van der Waals surface area contributed by atoms with Gasteiger partial charge in [-0.3, -0.25) is 4.79 Å². The Bertz CT molecular complexity index is 532. The summed E-state index contributed by atoms with van der Waals surface area (Å²) in [4.78, 5) is 27.0. The number of likely N-dealkylation sites (tertiary alicyclic amines) is 1. The molecule has 0 saturated carbocycles. The minimum absolute atomic E-state index is 0.0415. The van der Waals surface area contributed by atoms with E-state index >= 15 is 0 Å². The van der Waals surface area contributed by atoms with Crippen LogP contribution in [0.2, 0.25) is 0 Å². The molecule has 0 N–H and O–H groups in total. The van der Waals surface area contributed by atoms with Crippen LogP contribution in [-0.2, 0) is 14.3 Å². The second kappa shape index (κ2) is 6.27. The summed E-state index contributed by atoms with van der Waals surface area (Å²) in [6, 6.07) is -0.264. The van der Waals surface area contributed by atoms with Crippen molar-refractivity contribution in [1.29, 1.82) is 0 Å². The zero-order chi connectivity index (χ0) is 17.4. The molecule has 1 heterocycles. The third-order valence-electron chi connectivity index (χ3n) is 4.80. The molecule has 0 aromatic carbocycles. The van der Waals surface area contributed by atoms with Crippen molar-refractivity contribution in [2.24, 2.45) is 0 Å². The van der Waals surface area contributed by atoms with E-state index in [2.05, 4.69) is 0 Å². The summed E-state index contributed by atoms with van der Waals surface area (Å²) in [5.41, 5.74) is 0.401. The lowest BCUT2D eigenvalue weighted by Gasteiger charge is -2.49. The van der Waals surface area contributed by atoms with E-state index < -0.39 is 11.2 Å². The Morgan fingerprint density at radius 1 is 1.30 bits per heavy atom. The summed E-state index contributed by atoms with van der Waals surface area (Å²) in [6.07, 6.45) is 2.75. The highest BCUT2D eigenvalue weighted by atomic mass is 16.6. The van der Waals surface area contributed by atoms with Gasteiger partial charge in [-0.25, -0.2) is 4.79 Å². The first-order valence-corrected chi connectivity index (χ1v) is 8.55. The molecule has 5 nitrogen and oxygen atoms in total. The number of ketones is 1. The average Bonchev–Trinajstić information content (AvgIpc) is 2.93. The van der Waals surface area contributed by atoms with Gasteiger partial charge in [0.1, 0.15) is 5.60 Å². The van der Waals surface area contributed by atoms with Crippen LogP contribution >= 0.6 is 0 Å². The number of Topliss-reactive ketones (excluding diaryl/α,β-unsaturated/α-hetero) is 1. The minimum atomic E-state index is -0.965. The average molecular weight is 323 g/mol. The maximum Gasteiger partial charge on any atom is 0.410 e. The van der Waals surface area contributed by atoms with E-state index in [1.165, 1.54) is 0 Å². The molecule has 0 spiro atoms. The maximum atomic E-state index is 12.8. The molecule has 130 valence electrons. The van der Waals surface area contributed by atoms with Crippen molar-refractivity contribution in [3.63, 3.8) is 0 Å². The lowest BCUT2D eigenvalue weighted by Crippen LogP contribution is -2.64. The second-order valence-corrected chi connectivity index (χ2v) is 7.26. The van der Waals surface area contributed by atoms with Crippen molar-refractivity contribution in [3.8, 4) is 0 Å². The van der Waals surface area contributed by atoms with E-state index in [4.69, 9.17) is 9.47 Å². The van der Waals surface area contributed by atoms with Crippen molar-refractivity contribution < 1.29 is 19.1 Å². The molecule has 1 fully saturated rings. The number of ether oxygens (including phenoxy) is 2. The van der Waals surface area contributed by atoms with Crippen LogP contribution in [0.3, 0.4) is 0 Å². The van der Waals surface area contributed by atoms with Gasteiger partial charge >= 0.3 is 6.09 Å². The third-order valence-corrected chi connectivity index (χ3v) is 4.80. The van der Waals surface area contributed by atoms with E-state index in [0.29, 0.717) is 13.0 Å². The molecule has 0 aromatic heterocycles. The summed E-state index contributed by atoms with van der Waals surface area (Å²) in [7, 11) is 1.57. The summed E-state index contributed by atoms with van der Waals surface area (Å²) in [5.74, 6) is 0.0415. The number of hydrogen-bond acceptors (Lipinski definition) is 4. The highest BCUT2D eigenvalue weighted by Crippen LogP contribution is 2.48. The quantitative estimate of drug-likeness (QED) is 0.795. The SMILES string of the molecule is CCC1=C(CC)C(OC)(C2CCCN2C(=O)OC(C)(C)C)C1=O. The van der Waals surface area contributed by atoms with E-state index in [1.807, 2.05) is 34.6 Å². The zero-order valence-electron chi connectivity index (χ0n) is 15.2. The van der Waals surface area contributed by atoms with Gasteiger partial charge in [0.15, 0.2) is 11.4 Å². The van der Waals surface area contributed by atoms with Crippen molar-refractivity contribution in [3.05, 3.63) is 11.1 Å². The van der Waals surface area contributed by atoms with Crippen molar-refractivity contribution >= 4 is 11.9 Å². The number of methoxy groups -OCH3 is 1. The smallest absolute Gasteiger partial charge is 0.410 e. The summed E-state index contributed by atoms with van der Waals surface area (Å²) < 4.78 is 11.3. The molecular weight excluding hydrogens is 294 g/mol. The molecule has 0 radical (unpaired) electrons. The van der Waals surface area contributed by atoms with Crippen LogP contribution in [0.1, 0.15) is 60.3 Å². The highest BCUT2D eigenvalue weighted by molar-refractivity contribution is 6.13. The fourth-order valence-corrected chi connectivity index (χ4v) is 3.94. The Labute approximate surface area is 139 Å². The van der Waals surface area contributed by atoms with Crippen molar-refractivity contribution in [2.75, 3.05) is 13.7 Å². The van der Waals surface area contributed by atoms with E-state index in [0.717, 1.165) is 30.4 Å². The minimum Gasteiger partial charge on any atom is -0.444 e. The summed E-state index contributed by atoms with van der Waals surface area (Å²) in [5, 5.41) is 0. The van der Waals surface area contributed by atoms with Gasteiger partial charge < -0.3 is 14.4 Å². The molecular formula is C18H29NO4. The van der Waals surface area contributed by atoms with Gasteiger partial charge in [0.25, 0.3) is 0 Å². The molecule has 0 bridgehead atoms. The van der Waals surface area contributed by atoms with Gasteiger partial charge in [0, 0.05) is 19.2 Å². The number of amides is 1. The lowest BCUT2D eigenvalue weighted by molar-refractivity contribution is -0.145. The van der Waals surface area contributed by atoms with E-state index in [9.17, 15) is 9.59 Å². The van der Waals surface area contributed by atoms with Gasteiger partial charge in [-0.05, 0) is 52.0 Å². The second-order valence-electron chi connectivity index (χ2n) is 7.26.